The Kier molecular flexibility index (Phi) is 2.79. The number of rotatable bonds is 1. The van der Waals surface area contributed by atoms with Crippen LogP contribution in [0.4, 0.5) is 0 Å². The van der Waals surface area contributed by atoms with Crippen LogP contribution < -0.4 is 0 Å². The van der Waals surface area contributed by atoms with E-state index in [1.54, 1.807) is 23.4 Å². The van der Waals surface area contributed by atoms with Gasteiger partial charge in [-0.05, 0) is 18.2 Å². The van der Waals surface area contributed by atoms with E-state index in [4.69, 9.17) is 0 Å². The van der Waals surface area contributed by atoms with Gasteiger partial charge in [0.1, 0.15) is 6.33 Å². The second kappa shape index (κ2) is 4.45. The number of carbonyl (C=O) groups is 1. The Labute approximate surface area is 110 Å². The zero-order valence-corrected chi connectivity index (χ0v) is 10.5. The molecule has 2 heterocycles. The van der Waals surface area contributed by atoms with Crippen molar-refractivity contribution in [1.82, 2.24) is 19.7 Å². The lowest BCUT2D eigenvalue weighted by Crippen LogP contribution is -2.38. The Morgan fingerprint density at radius 2 is 2.22 bits per heavy atom. The number of aromatic nitrogens is 3. The molecule has 1 aromatic heterocycles. The van der Waals surface area contributed by atoms with E-state index in [-0.39, 0.29) is 5.91 Å². The molecule has 2 aromatic rings. The van der Waals surface area contributed by atoms with Crippen molar-refractivity contribution < 1.29 is 4.79 Å². The highest BCUT2D eigenvalue weighted by Crippen LogP contribution is 2.15. The summed E-state index contributed by atoms with van der Waals surface area (Å²) in [5.74, 6) is 0.844. The summed E-state index contributed by atoms with van der Waals surface area (Å²) in [7, 11) is 0. The quantitative estimate of drug-likeness (QED) is 0.784. The summed E-state index contributed by atoms with van der Waals surface area (Å²) >= 11 is 4.25. The van der Waals surface area contributed by atoms with Crippen molar-refractivity contribution in [2.24, 2.45) is 0 Å². The molecule has 0 saturated carbocycles. The van der Waals surface area contributed by atoms with E-state index < -0.39 is 0 Å². The van der Waals surface area contributed by atoms with Crippen LogP contribution in [0.2, 0.25) is 0 Å². The van der Waals surface area contributed by atoms with Crippen molar-refractivity contribution in [3.63, 3.8) is 0 Å². The van der Waals surface area contributed by atoms with E-state index in [1.807, 2.05) is 16.7 Å². The van der Waals surface area contributed by atoms with Gasteiger partial charge in [-0.2, -0.15) is 0 Å². The van der Waals surface area contributed by atoms with E-state index in [0.29, 0.717) is 18.7 Å². The number of benzene rings is 1. The van der Waals surface area contributed by atoms with Crippen molar-refractivity contribution in [3.05, 3.63) is 42.0 Å². The minimum atomic E-state index is 0.0140. The largest absolute Gasteiger partial charge is 0.329 e. The molecule has 0 saturated heterocycles. The van der Waals surface area contributed by atoms with Gasteiger partial charge in [0, 0.05) is 23.5 Å². The van der Waals surface area contributed by atoms with Crippen molar-refractivity contribution in [2.45, 2.75) is 18.0 Å². The molecule has 1 aliphatic rings. The van der Waals surface area contributed by atoms with Crippen LogP contribution in [0, 0.1) is 0 Å². The number of nitrogens with zero attached hydrogens (tertiary/aromatic N) is 4. The van der Waals surface area contributed by atoms with Crippen molar-refractivity contribution in [2.75, 3.05) is 6.54 Å². The monoisotopic (exact) mass is 260 g/mol. The van der Waals surface area contributed by atoms with Gasteiger partial charge in [-0.1, -0.05) is 6.07 Å². The van der Waals surface area contributed by atoms with E-state index in [0.717, 1.165) is 17.3 Å². The van der Waals surface area contributed by atoms with Crippen LogP contribution in [0.15, 0.2) is 35.5 Å². The summed E-state index contributed by atoms with van der Waals surface area (Å²) < 4.78 is 1.97. The third-order valence-corrected chi connectivity index (χ3v) is 3.30. The maximum Gasteiger partial charge on any atom is 0.254 e. The van der Waals surface area contributed by atoms with Crippen LogP contribution in [0.25, 0.3) is 0 Å². The average molecular weight is 260 g/mol. The summed E-state index contributed by atoms with van der Waals surface area (Å²) in [6, 6.07) is 7.28. The summed E-state index contributed by atoms with van der Waals surface area (Å²) in [5, 5.41) is 7.85. The SMILES string of the molecule is O=C(c1cccc(S)c1)N1CCn2cnnc2C1. The summed E-state index contributed by atoms with van der Waals surface area (Å²) in [5.41, 5.74) is 0.662. The summed E-state index contributed by atoms with van der Waals surface area (Å²) in [6.45, 7) is 1.94. The van der Waals surface area contributed by atoms with Gasteiger partial charge < -0.3 is 9.47 Å². The van der Waals surface area contributed by atoms with E-state index >= 15 is 0 Å². The molecular weight excluding hydrogens is 248 g/mol. The molecule has 0 fully saturated rings. The van der Waals surface area contributed by atoms with Crippen LogP contribution in [-0.2, 0) is 13.1 Å². The van der Waals surface area contributed by atoms with Gasteiger partial charge in [0.05, 0.1) is 6.54 Å². The fourth-order valence-corrected chi connectivity index (χ4v) is 2.29. The molecule has 0 radical (unpaired) electrons. The standard InChI is InChI=1S/C12H12N4OS/c17-12(9-2-1-3-10(18)6-9)15-4-5-16-8-13-14-11(16)7-15/h1-3,6,8,18H,4-5,7H2. The lowest BCUT2D eigenvalue weighted by atomic mass is 10.2. The molecule has 0 spiro atoms. The highest BCUT2D eigenvalue weighted by atomic mass is 32.1. The third-order valence-electron chi connectivity index (χ3n) is 3.02. The number of carbonyl (C=O) groups excluding carboxylic acids is 1. The molecule has 0 bridgehead atoms. The first kappa shape index (κ1) is 11.3. The van der Waals surface area contributed by atoms with Gasteiger partial charge in [0.2, 0.25) is 0 Å². The third kappa shape index (κ3) is 1.99. The van der Waals surface area contributed by atoms with Gasteiger partial charge in [-0.3, -0.25) is 4.79 Å². The fraction of sp³-hybridized carbons (Fsp3) is 0.250. The van der Waals surface area contributed by atoms with Crippen LogP contribution in [0.1, 0.15) is 16.2 Å². The molecule has 3 rings (SSSR count). The predicted molar refractivity (Wildman–Crippen MR) is 68.5 cm³/mol. The lowest BCUT2D eigenvalue weighted by molar-refractivity contribution is 0.0707. The van der Waals surface area contributed by atoms with Gasteiger partial charge in [-0.25, -0.2) is 0 Å². The van der Waals surface area contributed by atoms with Crippen LogP contribution in [-0.4, -0.2) is 32.1 Å². The smallest absolute Gasteiger partial charge is 0.254 e. The second-order valence-electron chi connectivity index (χ2n) is 4.22. The minimum absolute atomic E-state index is 0.0140. The second-order valence-corrected chi connectivity index (χ2v) is 4.73. The number of thiol groups is 1. The number of hydrogen-bond donors (Lipinski definition) is 1. The van der Waals surface area contributed by atoms with Crippen LogP contribution in [0.3, 0.4) is 0 Å². The van der Waals surface area contributed by atoms with Crippen molar-refractivity contribution in [1.29, 1.82) is 0 Å². The molecule has 5 nitrogen and oxygen atoms in total. The Morgan fingerprint density at radius 1 is 1.33 bits per heavy atom. The highest BCUT2D eigenvalue weighted by molar-refractivity contribution is 7.80. The molecule has 0 aliphatic carbocycles. The van der Waals surface area contributed by atoms with E-state index in [1.165, 1.54) is 0 Å². The number of fused-ring (bicyclic) bond motifs is 1. The summed E-state index contributed by atoms with van der Waals surface area (Å²) in [6.07, 6.45) is 1.70. The molecule has 1 amide bonds. The Bertz CT molecular complexity index is 595. The molecule has 0 unspecified atom stereocenters. The molecular formula is C12H12N4OS. The zero-order valence-electron chi connectivity index (χ0n) is 9.65. The highest BCUT2D eigenvalue weighted by Gasteiger charge is 2.22. The molecule has 0 N–H and O–H groups in total. The maximum absolute atomic E-state index is 12.3. The normalized spacial score (nSPS) is 14.4. The topological polar surface area (TPSA) is 51.0 Å². The first-order valence-corrected chi connectivity index (χ1v) is 6.14. The van der Waals surface area contributed by atoms with E-state index in [9.17, 15) is 4.79 Å². The maximum atomic E-state index is 12.3. The number of amides is 1. The molecule has 1 aliphatic heterocycles. The summed E-state index contributed by atoms with van der Waals surface area (Å²) in [4.78, 5) is 14.9. The van der Waals surface area contributed by atoms with Gasteiger partial charge in [-0.15, -0.1) is 22.8 Å². The predicted octanol–water partition coefficient (Wildman–Crippen LogP) is 1.22. The molecule has 0 atom stereocenters. The Morgan fingerprint density at radius 3 is 3.06 bits per heavy atom. The minimum Gasteiger partial charge on any atom is -0.329 e. The van der Waals surface area contributed by atoms with Crippen LogP contribution in [0.5, 0.6) is 0 Å². The fourth-order valence-electron chi connectivity index (χ4n) is 2.06. The molecule has 18 heavy (non-hydrogen) atoms. The molecule has 6 heteroatoms. The first-order chi connectivity index (χ1) is 8.74. The van der Waals surface area contributed by atoms with Gasteiger partial charge >= 0.3 is 0 Å². The first-order valence-electron chi connectivity index (χ1n) is 5.69. The average Bonchev–Trinajstić information content (AvgIpc) is 2.85. The Balaban J connectivity index is 1.83. The van der Waals surface area contributed by atoms with Crippen molar-refractivity contribution >= 4 is 18.5 Å². The lowest BCUT2D eigenvalue weighted by Gasteiger charge is -2.27. The molecule has 92 valence electrons. The van der Waals surface area contributed by atoms with Gasteiger partial charge in [0.15, 0.2) is 5.82 Å². The van der Waals surface area contributed by atoms with Crippen LogP contribution >= 0.6 is 12.6 Å². The Hall–Kier alpha value is -1.82. The van der Waals surface area contributed by atoms with E-state index in [2.05, 4.69) is 22.8 Å². The zero-order chi connectivity index (χ0) is 12.5. The van der Waals surface area contributed by atoms with Crippen molar-refractivity contribution in [3.8, 4) is 0 Å². The molecule has 1 aromatic carbocycles. The van der Waals surface area contributed by atoms with Gasteiger partial charge in [0.25, 0.3) is 5.91 Å². The number of hydrogen-bond acceptors (Lipinski definition) is 4.